The van der Waals surface area contributed by atoms with E-state index in [1.807, 2.05) is 34.9 Å². The van der Waals surface area contributed by atoms with Gasteiger partial charge in [0.15, 0.2) is 23.1 Å². The van der Waals surface area contributed by atoms with Gasteiger partial charge in [0.1, 0.15) is 11.2 Å². The summed E-state index contributed by atoms with van der Waals surface area (Å²) in [5.74, 6) is 1.92. The van der Waals surface area contributed by atoms with Gasteiger partial charge in [-0.2, -0.15) is 0 Å². The van der Waals surface area contributed by atoms with Crippen LogP contribution in [0.15, 0.2) is 121 Å². The molecule has 0 bridgehead atoms. The molecule has 6 heteroatoms. The second kappa shape index (κ2) is 9.96. The van der Waals surface area contributed by atoms with Crippen LogP contribution in [0.2, 0.25) is 0 Å². The molecule has 43 heavy (non-hydrogen) atoms. The van der Waals surface area contributed by atoms with Crippen molar-refractivity contribution in [1.29, 1.82) is 0 Å². The van der Waals surface area contributed by atoms with Crippen LogP contribution >= 0.6 is 0 Å². The van der Waals surface area contributed by atoms with Gasteiger partial charge < -0.3 is 0 Å². The molecule has 204 valence electrons. The summed E-state index contributed by atoms with van der Waals surface area (Å²) in [5.41, 5.74) is 9.75. The molecule has 0 spiro atoms. The molecule has 0 N–H and O–H groups in total. The Labute approximate surface area is 248 Å². The second-order valence-electron chi connectivity index (χ2n) is 10.8. The summed E-state index contributed by atoms with van der Waals surface area (Å²) in [6, 6.07) is 39.2. The molecule has 8 aromatic rings. The van der Waals surface area contributed by atoms with E-state index in [1.54, 1.807) is 0 Å². The molecule has 0 saturated carbocycles. The lowest BCUT2D eigenvalue weighted by Gasteiger charge is -2.10. The Hall–Kier alpha value is -5.75. The summed E-state index contributed by atoms with van der Waals surface area (Å²) in [5, 5.41) is 2.15. The van der Waals surface area contributed by atoms with Crippen molar-refractivity contribution in [2.75, 3.05) is 0 Å². The van der Waals surface area contributed by atoms with E-state index in [0.717, 1.165) is 55.5 Å². The van der Waals surface area contributed by atoms with Gasteiger partial charge in [0.25, 0.3) is 0 Å². The predicted octanol–water partition coefficient (Wildman–Crippen LogP) is 8.51. The third kappa shape index (κ3) is 4.41. The molecule has 4 aromatic heterocycles. The number of pyridine rings is 2. The molecular weight excluding hydrogens is 528 g/mol. The van der Waals surface area contributed by atoms with Gasteiger partial charge in [0, 0.05) is 39.2 Å². The topological polar surface area (TPSA) is 68.9 Å². The summed E-state index contributed by atoms with van der Waals surface area (Å²) in [7, 11) is 0. The van der Waals surface area contributed by atoms with Crippen molar-refractivity contribution < 1.29 is 0 Å². The standard InChI is InChI=1S/C37H26N6/c1-23-10-14-26(15-11-23)34-40-35(27-16-12-24(2)13-17-27)42-36(41-34)28-20-18-25(19-21-28)32-29-7-3-4-8-30(29)33-37(39-32)43-22-6-5-9-31(43)38-33/h3-22H,1-2H3. The van der Waals surface area contributed by atoms with Crippen molar-refractivity contribution in [3.05, 3.63) is 133 Å². The fraction of sp³-hybridized carbons (Fsp3) is 0.0541. The Bertz CT molecular complexity index is 2220. The number of aryl methyl sites for hydroxylation is 2. The maximum Gasteiger partial charge on any atom is 0.165 e. The third-order valence-corrected chi connectivity index (χ3v) is 7.83. The van der Waals surface area contributed by atoms with Crippen molar-refractivity contribution >= 4 is 27.6 Å². The van der Waals surface area contributed by atoms with Gasteiger partial charge in [-0.05, 0) is 26.0 Å². The van der Waals surface area contributed by atoms with Gasteiger partial charge in [-0.25, -0.2) is 24.9 Å². The SMILES string of the molecule is Cc1ccc(-c2nc(-c3ccc(C)cc3)nc(-c3ccc(-c4nc5c(nc6ccccn65)c5ccccc45)cc3)n2)cc1. The van der Waals surface area contributed by atoms with Crippen LogP contribution in [-0.2, 0) is 0 Å². The molecule has 0 fully saturated rings. The van der Waals surface area contributed by atoms with Gasteiger partial charge in [0.2, 0.25) is 0 Å². The average molecular weight is 555 g/mol. The zero-order chi connectivity index (χ0) is 28.9. The molecule has 4 heterocycles. The first-order chi connectivity index (χ1) is 21.1. The summed E-state index contributed by atoms with van der Waals surface area (Å²) in [6.07, 6.45) is 2.01. The molecule has 0 unspecified atom stereocenters. The lowest BCUT2D eigenvalue weighted by molar-refractivity contribution is 1.07. The van der Waals surface area contributed by atoms with E-state index in [0.29, 0.717) is 17.5 Å². The molecule has 6 nitrogen and oxygen atoms in total. The van der Waals surface area contributed by atoms with E-state index in [-0.39, 0.29) is 0 Å². The zero-order valence-electron chi connectivity index (χ0n) is 23.7. The van der Waals surface area contributed by atoms with Crippen molar-refractivity contribution in [2.24, 2.45) is 0 Å². The monoisotopic (exact) mass is 554 g/mol. The van der Waals surface area contributed by atoms with Crippen molar-refractivity contribution in [1.82, 2.24) is 29.3 Å². The Morgan fingerprint density at radius 2 is 0.930 bits per heavy atom. The number of fused-ring (bicyclic) bond motifs is 5. The number of benzene rings is 4. The van der Waals surface area contributed by atoms with E-state index in [4.69, 9.17) is 24.9 Å². The number of nitrogens with zero attached hydrogens (tertiary/aromatic N) is 6. The van der Waals surface area contributed by atoms with Gasteiger partial charge in [-0.15, -0.1) is 0 Å². The fourth-order valence-corrected chi connectivity index (χ4v) is 5.50. The van der Waals surface area contributed by atoms with Gasteiger partial charge >= 0.3 is 0 Å². The Morgan fingerprint density at radius 3 is 1.51 bits per heavy atom. The lowest BCUT2D eigenvalue weighted by Crippen LogP contribution is -2.00. The van der Waals surface area contributed by atoms with Crippen molar-refractivity contribution in [3.63, 3.8) is 0 Å². The highest BCUT2D eigenvalue weighted by Gasteiger charge is 2.16. The molecule has 0 saturated heterocycles. The van der Waals surface area contributed by atoms with E-state index in [2.05, 4.69) is 105 Å². The van der Waals surface area contributed by atoms with Crippen LogP contribution in [-0.4, -0.2) is 29.3 Å². The molecule has 0 amide bonds. The van der Waals surface area contributed by atoms with Crippen molar-refractivity contribution in [3.8, 4) is 45.4 Å². The predicted molar refractivity (Wildman–Crippen MR) is 173 cm³/mol. The smallest absolute Gasteiger partial charge is 0.165 e. The normalized spacial score (nSPS) is 11.5. The van der Waals surface area contributed by atoms with E-state index < -0.39 is 0 Å². The lowest BCUT2D eigenvalue weighted by atomic mass is 10.0. The number of aromatic nitrogens is 6. The molecule has 8 rings (SSSR count). The van der Waals surface area contributed by atoms with Gasteiger partial charge in [-0.3, -0.25) is 4.40 Å². The molecule has 0 aliphatic carbocycles. The molecular formula is C37H26N6. The second-order valence-corrected chi connectivity index (χ2v) is 10.8. The quantitative estimate of drug-likeness (QED) is 0.218. The molecule has 4 aromatic carbocycles. The largest absolute Gasteiger partial charge is 0.284 e. The van der Waals surface area contributed by atoms with Crippen LogP contribution in [0, 0.1) is 13.8 Å². The maximum atomic E-state index is 5.15. The van der Waals surface area contributed by atoms with Crippen LogP contribution in [0.25, 0.3) is 73.0 Å². The van der Waals surface area contributed by atoms with Gasteiger partial charge in [-0.1, -0.05) is 114 Å². The third-order valence-electron chi connectivity index (χ3n) is 7.83. The Kier molecular flexibility index (Phi) is 5.79. The minimum atomic E-state index is 0.628. The Balaban J connectivity index is 1.26. The highest BCUT2D eigenvalue weighted by Crippen LogP contribution is 2.34. The van der Waals surface area contributed by atoms with Crippen LogP contribution in [0.3, 0.4) is 0 Å². The summed E-state index contributed by atoms with van der Waals surface area (Å²) in [6.45, 7) is 4.15. The van der Waals surface area contributed by atoms with E-state index in [1.165, 1.54) is 11.1 Å². The highest BCUT2D eigenvalue weighted by atomic mass is 15.1. The number of imidazole rings is 1. The molecule has 0 aliphatic rings. The summed E-state index contributed by atoms with van der Waals surface area (Å²) < 4.78 is 2.05. The van der Waals surface area contributed by atoms with Crippen LogP contribution in [0.5, 0.6) is 0 Å². The van der Waals surface area contributed by atoms with E-state index >= 15 is 0 Å². The first-order valence-electron chi connectivity index (χ1n) is 14.3. The fourth-order valence-electron chi connectivity index (χ4n) is 5.50. The first-order valence-corrected chi connectivity index (χ1v) is 14.3. The van der Waals surface area contributed by atoms with Crippen molar-refractivity contribution in [2.45, 2.75) is 13.8 Å². The highest BCUT2D eigenvalue weighted by molar-refractivity contribution is 6.09. The first kappa shape index (κ1) is 25.0. The summed E-state index contributed by atoms with van der Waals surface area (Å²) in [4.78, 5) is 24.7. The summed E-state index contributed by atoms with van der Waals surface area (Å²) >= 11 is 0. The van der Waals surface area contributed by atoms with Crippen LogP contribution in [0.1, 0.15) is 11.1 Å². The minimum absolute atomic E-state index is 0.628. The molecule has 0 aliphatic heterocycles. The van der Waals surface area contributed by atoms with E-state index in [9.17, 15) is 0 Å². The minimum Gasteiger partial charge on any atom is -0.284 e. The number of hydrogen-bond donors (Lipinski definition) is 0. The number of hydrogen-bond acceptors (Lipinski definition) is 5. The molecule has 0 radical (unpaired) electrons. The average Bonchev–Trinajstić information content (AvgIpc) is 3.44. The Morgan fingerprint density at radius 1 is 0.442 bits per heavy atom. The zero-order valence-corrected chi connectivity index (χ0v) is 23.7. The number of rotatable bonds is 4. The molecule has 0 atom stereocenters. The maximum absolute atomic E-state index is 5.15. The van der Waals surface area contributed by atoms with Crippen LogP contribution < -0.4 is 0 Å². The van der Waals surface area contributed by atoms with Crippen LogP contribution in [0.4, 0.5) is 0 Å². The van der Waals surface area contributed by atoms with Gasteiger partial charge in [0.05, 0.1) is 5.69 Å².